The van der Waals surface area contributed by atoms with E-state index in [1.165, 1.54) is 12.3 Å². The Balaban J connectivity index is 2.60. The number of H-pyrrole nitrogens is 1. The number of hydrogen-bond donors (Lipinski definition) is 3. The van der Waals surface area contributed by atoms with Crippen LogP contribution in [0.25, 0.3) is 0 Å². The molecule has 1 aromatic heterocycles. The van der Waals surface area contributed by atoms with Crippen LogP contribution in [0.15, 0.2) is 17.3 Å². The van der Waals surface area contributed by atoms with Crippen LogP contribution in [0.5, 0.6) is 0 Å². The fourth-order valence-electron chi connectivity index (χ4n) is 0.807. The summed E-state index contributed by atoms with van der Waals surface area (Å²) >= 11 is 0. The first-order valence-electron chi connectivity index (χ1n) is 4.22. The second-order valence-electron chi connectivity index (χ2n) is 2.96. The Morgan fingerprint density at radius 1 is 1.64 bits per heavy atom. The van der Waals surface area contributed by atoms with Gasteiger partial charge in [-0.3, -0.25) is 5.10 Å². The molecule has 0 aliphatic heterocycles. The highest BCUT2D eigenvalue weighted by molar-refractivity contribution is 7.89. The summed E-state index contributed by atoms with van der Waals surface area (Å²) in [6.45, 7) is 2.23. The molecule has 0 fully saturated rings. The SMILES string of the molecule is CNC(C)CNS(=O)(=O)c1ccn[nH]1. The van der Waals surface area contributed by atoms with Gasteiger partial charge in [0, 0.05) is 12.6 Å². The Bertz CT molecular complexity index is 359. The molecule has 0 aromatic carbocycles. The van der Waals surface area contributed by atoms with Crippen LogP contribution in [0.4, 0.5) is 0 Å². The van der Waals surface area contributed by atoms with E-state index in [4.69, 9.17) is 0 Å². The van der Waals surface area contributed by atoms with E-state index < -0.39 is 10.0 Å². The van der Waals surface area contributed by atoms with Crippen LogP contribution in [-0.2, 0) is 10.0 Å². The van der Waals surface area contributed by atoms with Crippen molar-refractivity contribution in [2.24, 2.45) is 0 Å². The Hall–Kier alpha value is -0.920. The molecular formula is C7H14N4O2S. The number of nitrogens with zero attached hydrogens (tertiary/aromatic N) is 1. The van der Waals surface area contributed by atoms with Gasteiger partial charge in [-0.05, 0) is 20.0 Å². The summed E-state index contributed by atoms with van der Waals surface area (Å²) in [6.07, 6.45) is 1.40. The van der Waals surface area contributed by atoms with Gasteiger partial charge in [0.2, 0.25) is 0 Å². The highest BCUT2D eigenvalue weighted by atomic mass is 32.2. The van der Waals surface area contributed by atoms with Gasteiger partial charge in [-0.1, -0.05) is 0 Å². The summed E-state index contributed by atoms with van der Waals surface area (Å²) in [5, 5.41) is 8.99. The predicted molar refractivity (Wildman–Crippen MR) is 52.3 cm³/mol. The van der Waals surface area contributed by atoms with Crippen molar-refractivity contribution in [1.29, 1.82) is 0 Å². The maximum atomic E-state index is 11.5. The lowest BCUT2D eigenvalue weighted by Gasteiger charge is -2.10. The Morgan fingerprint density at radius 2 is 2.36 bits per heavy atom. The minimum absolute atomic E-state index is 0.0841. The number of likely N-dealkylation sites (N-methyl/N-ethyl adjacent to an activating group) is 1. The third-order valence-electron chi connectivity index (χ3n) is 1.84. The molecular weight excluding hydrogens is 204 g/mol. The summed E-state index contributed by atoms with van der Waals surface area (Å²) in [5.74, 6) is 0. The summed E-state index contributed by atoms with van der Waals surface area (Å²) < 4.78 is 25.5. The summed E-state index contributed by atoms with van der Waals surface area (Å²) in [7, 11) is -1.66. The van der Waals surface area contributed by atoms with Crippen LogP contribution < -0.4 is 10.0 Å². The van der Waals surface area contributed by atoms with Crippen LogP contribution in [0.2, 0.25) is 0 Å². The molecule has 6 nitrogen and oxygen atoms in total. The Kier molecular flexibility index (Phi) is 3.62. The lowest BCUT2D eigenvalue weighted by molar-refractivity contribution is 0.551. The molecule has 0 bridgehead atoms. The van der Waals surface area contributed by atoms with Gasteiger partial charge in [0.05, 0.1) is 6.20 Å². The normalized spacial score (nSPS) is 14.1. The standard InChI is InChI=1S/C7H14N4O2S/c1-6(8-2)5-10-14(12,13)7-3-4-9-11-7/h3-4,6,8,10H,5H2,1-2H3,(H,9,11). The topological polar surface area (TPSA) is 86.9 Å². The van der Waals surface area contributed by atoms with E-state index >= 15 is 0 Å². The second kappa shape index (κ2) is 4.54. The van der Waals surface area contributed by atoms with Crippen molar-refractivity contribution in [2.45, 2.75) is 18.0 Å². The first-order valence-corrected chi connectivity index (χ1v) is 5.71. The van der Waals surface area contributed by atoms with E-state index in [-0.39, 0.29) is 11.1 Å². The molecule has 7 heteroatoms. The number of nitrogens with one attached hydrogen (secondary N) is 3. The maximum absolute atomic E-state index is 11.5. The minimum Gasteiger partial charge on any atom is -0.316 e. The molecule has 1 heterocycles. The van der Waals surface area contributed by atoms with Gasteiger partial charge in [0.1, 0.15) is 0 Å². The fraction of sp³-hybridized carbons (Fsp3) is 0.571. The van der Waals surface area contributed by atoms with E-state index in [0.717, 1.165) is 0 Å². The molecule has 1 atom stereocenters. The zero-order valence-electron chi connectivity index (χ0n) is 8.11. The fourth-order valence-corrected chi connectivity index (χ4v) is 1.85. The molecule has 3 N–H and O–H groups in total. The van der Waals surface area contributed by atoms with E-state index in [9.17, 15) is 8.42 Å². The number of aromatic nitrogens is 2. The van der Waals surface area contributed by atoms with Crippen LogP contribution in [0.3, 0.4) is 0 Å². The van der Waals surface area contributed by atoms with Crippen molar-refractivity contribution in [3.63, 3.8) is 0 Å². The highest BCUT2D eigenvalue weighted by Crippen LogP contribution is 2.01. The second-order valence-corrected chi connectivity index (χ2v) is 4.70. The lowest BCUT2D eigenvalue weighted by atomic mass is 10.4. The van der Waals surface area contributed by atoms with Gasteiger partial charge in [-0.2, -0.15) is 5.10 Å². The van der Waals surface area contributed by atoms with Crippen LogP contribution >= 0.6 is 0 Å². The predicted octanol–water partition coefficient (Wildman–Crippen LogP) is -0.704. The number of aromatic amines is 1. The third-order valence-corrected chi connectivity index (χ3v) is 3.19. The van der Waals surface area contributed by atoms with Crippen molar-refractivity contribution in [3.05, 3.63) is 12.3 Å². The van der Waals surface area contributed by atoms with Gasteiger partial charge < -0.3 is 5.32 Å². The summed E-state index contributed by atoms with van der Waals surface area (Å²) in [4.78, 5) is 0. The monoisotopic (exact) mass is 218 g/mol. The molecule has 1 aromatic rings. The number of sulfonamides is 1. The summed E-state index contributed by atoms with van der Waals surface area (Å²) in [6, 6.07) is 1.50. The molecule has 14 heavy (non-hydrogen) atoms. The van der Waals surface area contributed by atoms with Gasteiger partial charge in [-0.15, -0.1) is 0 Å². The highest BCUT2D eigenvalue weighted by Gasteiger charge is 2.15. The average Bonchev–Trinajstić information content (AvgIpc) is 2.67. The van der Waals surface area contributed by atoms with E-state index in [0.29, 0.717) is 6.54 Å². The van der Waals surface area contributed by atoms with Gasteiger partial charge >= 0.3 is 0 Å². The molecule has 0 spiro atoms. The number of rotatable bonds is 5. The van der Waals surface area contributed by atoms with E-state index in [1.807, 2.05) is 6.92 Å². The Labute approximate surface area is 83.1 Å². The molecule has 0 aliphatic carbocycles. The molecule has 0 saturated heterocycles. The van der Waals surface area contributed by atoms with Crippen LogP contribution in [0, 0.1) is 0 Å². The Morgan fingerprint density at radius 3 is 2.86 bits per heavy atom. The molecule has 1 unspecified atom stereocenters. The van der Waals surface area contributed by atoms with E-state index in [2.05, 4.69) is 20.2 Å². The van der Waals surface area contributed by atoms with Crippen LogP contribution in [-0.4, -0.2) is 38.2 Å². The zero-order valence-corrected chi connectivity index (χ0v) is 8.93. The molecule has 0 saturated carbocycles. The number of hydrogen-bond acceptors (Lipinski definition) is 4. The molecule has 0 aliphatic rings. The van der Waals surface area contributed by atoms with Crippen LogP contribution in [0.1, 0.15) is 6.92 Å². The van der Waals surface area contributed by atoms with Crippen molar-refractivity contribution in [2.75, 3.05) is 13.6 Å². The zero-order chi connectivity index (χ0) is 10.6. The van der Waals surface area contributed by atoms with Crippen molar-refractivity contribution in [3.8, 4) is 0 Å². The smallest absolute Gasteiger partial charge is 0.257 e. The third kappa shape index (κ3) is 2.79. The quantitative estimate of drug-likeness (QED) is 0.609. The minimum atomic E-state index is -3.43. The van der Waals surface area contributed by atoms with Gasteiger partial charge in [-0.25, -0.2) is 13.1 Å². The van der Waals surface area contributed by atoms with Crippen molar-refractivity contribution in [1.82, 2.24) is 20.2 Å². The van der Waals surface area contributed by atoms with Gasteiger partial charge in [0.15, 0.2) is 5.03 Å². The molecule has 0 radical (unpaired) electrons. The maximum Gasteiger partial charge on any atom is 0.257 e. The summed E-state index contributed by atoms with van der Waals surface area (Å²) in [5.41, 5.74) is 0. The lowest BCUT2D eigenvalue weighted by Crippen LogP contribution is -2.37. The first kappa shape index (κ1) is 11.2. The molecule has 1 rings (SSSR count). The molecule has 80 valence electrons. The largest absolute Gasteiger partial charge is 0.316 e. The average molecular weight is 218 g/mol. The molecule has 0 amide bonds. The van der Waals surface area contributed by atoms with Gasteiger partial charge in [0.25, 0.3) is 10.0 Å². The van der Waals surface area contributed by atoms with Crippen molar-refractivity contribution < 1.29 is 8.42 Å². The van der Waals surface area contributed by atoms with E-state index in [1.54, 1.807) is 7.05 Å². The first-order chi connectivity index (χ1) is 6.56. The van der Waals surface area contributed by atoms with Crippen molar-refractivity contribution >= 4 is 10.0 Å².